The highest BCUT2D eigenvalue weighted by molar-refractivity contribution is 7.92. The molecule has 0 unspecified atom stereocenters. The number of hydrogen-bond acceptors (Lipinski definition) is 4. The first-order valence-corrected chi connectivity index (χ1v) is 10.4. The minimum Gasteiger partial charge on any atom is -0.435 e. The Labute approximate surface area is 176 Å². The zero-order valence-electron chi connectivity index (χ0n) is 16.1. The minimum atomic E-state index is -4.15. The van der Waals surface area contributed by atoms with E-state index in [-0.39, 0.29) is 27.6 Å². The number of sulfonamides is 1. The number of halogens is 3. The van der Waals surface area contributed by atoms with E-state index in [9.17, 15) is 26.4 Å². The third-order valence-corrected chi connectivity index (χ3v) is 5.68. The van der Waals surface area contributed by atoms with E-state index in [0.29, 0.717) is 5.56 Å². The van der Waals surface area contributed by atoms with Crippen LogP contribution in [0.2, 0.25) is 0 Å². The van der Waals surface area contributed by atoms with Gasteiger partial charge in [0.1, 0.15) is 11.6 Å². The van der Waals surface area contributed by atoms with E-state index in [1.807, 2.05) is 0 Å². The smallest absolute Gasteiger partial charge is 0.387 e. The molecule has 31 heavy (non-hydrogen) atoms. The van der Waals surface area contributed by atoms with Crippen LogP contribution in [-0.4, -0.2) is 20.9 Å². The summed E-state index contributed by atoms with van der Waals surface area (Å²) in [7, 11) is -4.15. The van der Waals surface area contributed by atoms with Crippen LogP contribution in [0.5, 0.6) is 5.75 Å². The van der Waals surface area contributed by atoms with Gasteiger partial charge >= 0.3 is 6.61 Å². The van der Waals surface area contributed by atoms with Crippen molar-refractivity contribution in [3.8, 4) is 5.75 Å². The van der Waals surface area contributed by atoms with Gasteiger partial charge in [-0.2, -0.15) is 8.78 Å². The molecule has 0 aliphatic carbocycles. The third kappa shape index (κ3) is 5.54. The lowest BCUT2D eigenvalue weighted by atomic mass is 10.2. The van der Waals surface area contributed by atoms with Crippen molar-refractivity contribution in [1.82, 2.24) is 0 Å². The van der Waals surface area contributed by atoms with E-state index in [0.717, 1.165) is 12.1 Å². The van der Waals surface area contributed by atoms with E-state index in [1.54, 1.807) is 6.92 Å². The molecule has 3 aromatic carbocycles. The van der Waals surface area contributed by atoms with Crippen LogP contribution in [0.1, 0.15) is 15.9 Å². The van der Waals surface area contributed by atoms with Crippen LogP contribution in [0.4, 0.5) is 24.5 Å². The van der Waals surface area contributed by atoms with Crippen molar-refractivity contribution in [2.45, 2.75) is 18.4 Å². The predicted octanol–water partition coefficient (Wildman–Crippen LogP) is 4.79. The molecule has 0 aliphatic rings. The van der Waals surface area contributed by atoms with Gasteiger partial charge in [-0.1, -0.05) is 24.3 Å². The Bertz CT molecular complexity index is 1220. The maximum atomic E-state index is 13.8. The first kappa shape index (κ1) is 22.2. The van der Waals surface area contributed by atoms with Crippen molar-refractivity contribution in [3.63, 3.8) is 0 Å². The number of amides is 1. The summed E-state index contributed by atoms with van der Waals surface area (Å²) in [5.41, 5.74) is 0.332. The van der Waals surface area contributed by atoms with E-state index in [1.165, 1.54) is 54.6 Å². The van der Waals surface area contributed by atoms with Gasteiger partial charge < -0.3 is 10.1 Å². The van der Waals surface area contributed by atoms with E-state index < -0.39 is 28.4 Å². The number of carbonyl (C=O) groups excluding carboxylic acids is 1. The van der Waals surface area contributed by atoms with E-state index >= 15 is 0 Å². The standard InChI is InChI=1S/C21H17F3N2O4S/c1-13-9-10-15(25-20(27)14-5-4-6-16(11-14)30-21(23)24)12-19(13)31(28,29)26-18-8-3-2-7-17(18)22/h2-12,21,26H,1H3,(H,25,27). The van der Waals surface area contributed by atoms with Crippen molar-refractivity contribution in [2.75, 3.05) is 10.0 Å². The molecule has 0 spiro atoms. The molecular formula is C21H17F3N2O4S. The van der Waals surface area contributed by atoms with Crippen molar-refractivity contribution >= 4 is 27.3 Å². The lowest BCUT2D eigenvalue weighted by Gasteiger charge is -2.13. The lowest BCUT2D eigenvalue weighted by molar-refractivity contribution is -0.0498. The number of para-hydroxylation sites is 1. The topological polar surface area (TPSA) is 84.5 Å². The molecule has 2 N–H and O–H groups in total. The second-order valence-electron chi connectivity index (χ2n) is 6.43. The second-order valence-corrected chi connectivity index (χ2v) is 8.08. The Morgan fingerprint density at radius 2 is 1.74 bits per heavy atom. The summed E-state index contributed by atoms with van der Waals surface area (Å²) in [5, 5.41) is 2.51. The molecule has 0 atom stereocenters. The molecule has 3 rings (SSSR count). The largest absolute Gasteiger partial charge is 0.435 e. The van der Waals surface area contributed by atoms with Crippen LogP contribution in [-0.2, 0) is 10.0 Å². The highest BCUT2D eigenvalue weighted by atomic mass is 32.2. The van der Waals surface area contributed by atoms with Gasteiger partial charge in [0.2, 0.25) is 0 Å². The number of carbonyl (C=O) groups is 1. The SMILES string of the molecule is Cc1ccc(NC(=O)c2cccc(OC(F)F)c2)cc1S(=O)(=O)Nc1ccccc1F. The molecule has 0 radical (unpaired) electrons. The fourth-order valence-electron chi connectivity index (χ4n) is 2.73. The van der Waals surface area contributed by atoms with Crippen LogP contribution in [0.3, 0.4) is 0 Å². The molecular weight excluding hydrogens is 433 g/mol. The van der Waals surface area contributed by atoms with Crippen LogP contribution in [0, 0.1) is 12.7 Å². The molecule has 0 heterocycles. The van der Waals surface area contributed by atoms with Crippen molar-refractivity contribution in [3.05, 3.63) is 83.7 Å². The molecule has 0 saturated carbocycles. The summed E-state index contributed by atoms with van der Waals surface area (Å²) in [4.78, 5) is 12.3. The Hall–Kier alpha value is -3.53. The molecule has 162 valence electrons. The highest BCUT2D eigenvalue weighted by Gasteiger charge is 2.20. The van der Waals surface area contributed by atoms with Gasteiger partial charge in [0.25, 0.3) is 15.9 Å². The first-order valence-electron chi connectivity index (χ1n) is 8.90. The molecule has 1 amide bonds. The van der Waals surface area contributed by atoms with Gasteiger partial charge in [-0.3, -0.25) is 9.52 Å². The van der Waals surface area contributed by atoms with Crippen LogP contribution in [0.15, 0.2) is 71.6 Å². The monoisotopic (exact) mass is 450 g/mol. The summed E-state index contributed by atoms with van der Waals surface area (Å²) in [6.45, 7) is -1.49. The number of nitrogens with one attached hydrogen (secondary N) is 2. The second kappa shape index (κ2) is 9.09. The number of benzene rings is 3. The normalized spacial score (nSPS) is 11.3. The number of anilines is 2. The fourth-order valence-corrected chi connectivity index (χ4v) is 4.07. The molecule has 0 fully saturated rings. The number of ether oxygens (including phenoxy) is 1. The average Bonchev–Trinajstić information content (AvgIpc) is 2.70. The number of alkyl halides is 2. The fraction of sp³-hybridized carbons (Fsp3) is 0.0952. The van der Waals surface area contributed by atoms with Crippen molar-refractivity contribution in [2.24, 2.45) is 0 Å². The molecule has 0 aromatic heterocycles. The van der Waals surface area contributed by atoms with Gasteiger partial charge in [0.15, 0.2) is 0 Å². The summed E-state index contributed by atoms with van der Waals surface area (Å²) < 4.78 is 70.5. The predicted molar refractivity (Wildman–Crippen MR) is 109 cm³/mol. The average molecular weight is 450 g/mol. The Balaban J connectivity index is 1.84. The number of aryl methyl sites for hydroxylation is 1. The van der Waals surface area contributed by atoms with Gasteiger partial charge in [-0.05, 0) is 55.0 Å². The molecule has 0 aliphatic heterocycles. The van der Waals surface area contributed by atoms with Crippen LogP contribution >= 0.6 is 0 Å². The van der Waals surface area contributed by atoms with Gasteiger partial charge in [-0.25, -0.2) is 12.8 Å². The van der Waals surface area contributed by atoms with Crippen LogP contribution in [0.25, 0.3) is 0 Å². The maximum absolute atomic E-state index is 13.8. The van der Waals surface area contributed by atoms with Gasteiger partial charge in [0.05, 0.1) is 10.6 Å². The molecule has 0 saturated heterocycles. The van der Waals surface area contributed by atoms with E-state index in [4.69, 9.17) is 0 Å². The molecule has 6 nitrogen and oxygen atoms in total. The minimum absolute atomic E-state index is 0.0348. The third-order valence-electron chi connectivity index (χ3n) is 4.18. The summed E-state index contributed by atoms with van der Waals surface area (Å²) >= 11 is 0. The Kier molecular flexibility index (Phi) is 6.50. The Morgan fingerprint density at radius 3 is 2.45 bits per heavy atom. The Morgan fingerprint density at radius 1 is 1.00 bits per heavy atom. The van der Waals surface area contributed by atoms with Gasteiger partial charge in [-0.15, -0.1) is 0 Å². The first-order chi connectivity index (χ1) is 14.7. The summed E-state index contributed by atoms with van der Waals surface area (Å²) in [5.74, 6) is -1.59. The maximum Gasteiger partial charge on any atom is 0.387 e. The number of hydrogen-bond donors (Lipinski definition) is 2. The zero-order valence-corrected chi connectivity index (χ0v) is 16.9. The highest BCUT2D eigenvalue weighted by Crippen LogP contribution is 2.25. The van der Waals surface area contributed by atoms with Gasteiger partial charge in [0, 0.05) is 11.3 Å². The molecule has 0 bridgehead atoms. The zero-order chi connectivity index (χ0) is 22.6. The molecule has 3 aromatic rings. The van der Waals surface area contributed by atoms with Crippen molar-refractivity contribution < 1.29 is 31.1 Å². The lowest BCUT2D eigenvalue weighted by Crippen LogP contribution is -2.17. The molecule has 10 heteroatoms. The van der Waals surface area contributed by atoms with E-state index in [2.05, 4.69) is 14.8 Å². The van der Waals surface area contributed by atoms with Crippen LogP contribution < -0.4 is 14.8 Å². The quantitative estimate of drug-likeness (QED) is 0.542. The summed E-state index contributed by atoms with van der Waals surface area (Å²) in [6, 6.07) is 14.6. The van der Waals surface area contributed by atoms with Crippen molar-refractivity contribution in [1.29, 1.82) is 0 Å². The summed E-state index contributed by atoms with van der Waals surface area (Å²) in [6.07, 6.45) is 0. The number of rotatable bonds is 7.